The van der Waals surface area contributed by atoms with E-state index < -0.39 is 0 Å². The minimum absolute atomic E-state index is 0.271. The molecule has 1 aromatic rings. The third-order valence-electron chi connectivity index (χ3n) is 1.66. The number of hydrogen-bond donors (Lipinski definition) is 2. The van der Waals surface area contributed by atoms with Gasteiger partial charge in [0.05, 0.1) is 0 Å². The van der Waals surface area contributed by atoms with Gasteiger partial charge in [-0.25, -0.2) is 4.79 Å². The van der Waals surface area contributed by atoms with Crippen molar-refractivity contribution in [2.24, 2.45) is 0 Å². The van der Waals surface area contributed by atoms with E-state index >= 15 is 0 Å². The average Bonchev–Trinajstić information content (AvgIpc) is 2.22. The van der Waals surface area contributed by atoms with E-state index in [-0.39, 0.29) is 6.03 Å². The maximum absolute atomic E-state index is 11.2. The van der Waals surface area contributed by atoms with Gasteiger partial charge in [0, 0.05) is 23.7 Å². The molecule has 0 atom stereocenters. The second-order valence-electron chi connectivity index (χ2n) is 2.84. The summed E-state index contributed by atoms with van der Waals surface area (Å²) >= 11 is 5.70. The van der Waals surface area contributed by atoms with Crippen LogP contribution < -0.4 is 10.6 Å². The van der Waals surface area contributed by atoms with Crippen molar-refractivity contribution < 1.29 is 4.79 Å². The lowest BCUT2D eigenvalue weighted by molar-refractivity contribution is 0.252. The van der Waals surface area contributed by atoms with Crippen molar-refractivity contribution in [3.05, 3.63) is 29.3 Å². The maximum Gasteiger partial charge on any atom is 0.319 e. The Morgan fingerprint density at radius 1 is 1.40 bits per heavy atom. The second-order valence-corrected chi connectivity index (χ2v) is 3.28. The SMILES string of the molecule is C#CCCNC(=O)Nc1ccc(Cl)cc1. The van der Waals surface area contributed by atoms with Crippen LogP contribution in [0.1, 0.15) is 6.42 Å². The second kappa shape index (κ2) is 5.94. The largest absolute Gasteiger partial charge is 0.337 e. The molecule has 0 bridgehead atoms. The fourth-order valence-corrected chi connectivity index (χ4v) is 1.08. The van der Waals surface area contributed by atoms with Crippen molar-refractivity contribution >= 4 is 23.3 Å². The number of urea groups is 1. The molecule has 2 N–H and O–H groups in total. The van der Waals surface area contributed by atoms with Gasteiger partial charge in [-0.2, -0.15) is 0 Å². The molecule has 0 aliphatic heterocycles. The summed E-state index contributed by atoms with van der Waals surface area (Å²) in [5.74, 6) is 2.43. The Bertz CT molecular complexity index is 367. The summed E-state index contributed by atoms with van der Waals surface area (Å²) in [7, 11) is 0. The summed E-state index contributed by atoms with van der Waals surface area (Å²) in [6, 6.07) is 6.59. The Morgan fingerprint density at radius 2 is 2.07 bits per heavy atom. The van der Waals surface area contributed by atoms with E-state index in [0.29, 0.717) is 23.7 Å². The van der Waals surface area contributed by atoms with Gasteiger partial charge in [0.15, 0.2) is 0 Å². The Kier molecular flexibility index (Phi) is 4.52. The first-order chi connectivity index (χ1) is 7.22. The lowest BCUT2D eigenvalue weighted by Gasteiger charge is -2.05. The molecule has 0 saturated carbocycles. The van der Waals surface area contributed by atoms with Crippen LogP contribution in [0.25, 0.3) is 0 Å². The van der Waals surface area contributed by atoms with Crippen LogP contribution in [0, 0.1) is 12.3 Å². The highest BCUT2D eigenvalue weighted by Crippen LogP contribution is 2.12. The number of carbonyl (C=O) groups excluding carboxylic acids is 1. The molecule has 0 aromatic heterocycles. The fraction of sp³-hybridized carbons (Fsp3) is 0.182. The zero-order valence-corrected chi connectivity index (χ0v) is 8.84. The topological polar surface area (TPSA) is 41.1 Å². The molecule has 0 saturated heterocycles. The van der Waals surface area contributed by atoms with Gasteiger partial charge in [-0.15, -0.1) is 12.3 Å². The molecule has 0 spiro atoms. The van der Waals surface area contributed by atoms with Crippen LogP contribution in [-0.4, -0.2) is 12.6 Å². The van der Waals surface area contributed by atoms with E-state index in [0.717, 1.165) is 0 Å². The van der Waals surface area contributed by atoms with Crippen LogP contribution in [0.5, 0.6) is 0 Å². The molecule has 0 fully saturated rings. The maximum atomic E-state index is 11.2. The number of hydrogen-bond acceptors (Lipinski definition) is 1. The van der Waals surface area contributed by atoms with Gasteiger partial charge in [-0.1, -0.05) is 11.6 Å². The van der Waals surface area contributed by atoms with Gasteiger partial charge in [0.2, 0.25) is 0 Å². The number of anilines is 1. The molecule has 3 nitrogen and oxygen atoms in total. The lowest BCUT2D eigenvalue weighted by atomic mass is 10.3. The van der Waals surface area contributed by atoms with E-state index in [4.69, 9.17) is 18.0 Å². The predicted molar refractivity (Wildman–Crippen MR) is 61.9 cm³/mol. The van der Waals surface area contributed by atoms with Crippen molar-refractivity contribution in [2.75, 3.05) is 11.9 Å². The van der Waals surface area contributed by atoms with Gasteiger partial charge >= 0.3 is 6.03 Å². The zero-order valence-electron chi connectivity index (χ0n) is 8.09. The first-order valence-corrected chi connectivity index (χ1v) is 4.84. The predicted octanol–water partition coefficient (Wildman–Crippen LogP) is 2.48. The number of halogens is 1. The summed E-state index contributed by atoms with van der Waals surface area (Å²) in [6.45, 7) is 0.468. The molecule has 15 heavy (non-hydrogen) atoms. The van der Waals surface area contributed by atoms with E-state index in [2.05, 4.69) is 16.6 Å². The highest BCUT2D eigenvalue weighted by molar-refractivity contribution is 6.30. The van der Waals surface area contributed by atoms with Crippen LogP contribution in [0.15, 0.2) is 24.3 Å². The minimum atomic E-state index is -0.271. The van der Waals surface area contributed by atoms with Gasteiger partial charge in [-0.3, -0.25) is 0 Å². The molecule has 0 heterocycles. The first kappa shape index (κ1) is 11.4. The van der Waals surface area contributed by atoms with Crippen molar-refractivity contribution in [1.82, 2.24) is 5.32 Å². The summed E-state index contributed by atoms with van der Waals surface area (Å²) < 4.78 is 0. The van der Waals surface area contributed by atoms with Gasteiger partial charge in [-0.05, 0) is 24.3 Å². The van der Waals surface area contributed by atoms with E-state index in [1.807, 2.05) is 0 Å². The Morgan fingerprint density at radius 3 is 2.67 bits per heavy atom. The third kappa shape index (κ3) is 4.39. The van der Waals surface area contributed by atoms with Crippen LogP contribution >= 0.6 is 11.6 Å². The van der Waals surface area contributed by atoms with Crippen LogP contribution in [0.2, 0.25) is 5.02 Å². The summed E-state index contributed by atoms with van der Waals surface area (Å²) in [5, 5.41) is 5.90. The van der Waals surface area contributed by atoms with Gasteiger partial charge in [0.1, 0.15) is 0 Å². The Labute approximate surface area is 93.8 Å². The number of rotatable bonds is 3. The number of terminal acetylenes is 1. The normalized spacial score (nSPS) is 9.07. The molecule has 78 valence electrons. The summed E-state index contributed by atoms with van der Waals surface area (Å²) in [6.07, 6.45) is 5.57. The molecule has 4 heteroatoms. The Balaban J connectivity index is 2.38. The number of amides is 2. The minimum Gasteiger partial charge on any atom is -0.337 e. The molecule has 2 amide bonds. The summed E-state index contributed by atoms with van der Waals surface area (Å²) in [4.78, 5) is 11.2. The molecule has 0 unspecified atom stereocenters. The molecular weight excluding hydrogens is 212 g/mol. The highest BCUT2D eigenvalue weighted by atomic mass is 35.5. The van der Waals surface area contributed by atoms with Crippen molar-refractivity contribution in [2.45, 2.75) is 6.42 Å². The fourth-order valence-electron chi connectivity index (χ4n) is 0.957. The Hall–Kier alpha value is -1.66. The number of nitrogens with one attached hydrogen (secondary N) is 2. The van der Waals surface area contributed by atoms with E-state index in [1.165, 1.54) is 0 Å². The smallest absolute Gasteiger partial charge is 0.319 e. The first-order valence-electron chi connectivity index (χ1n) is 4.46. The van der Waals surface area contributed by atoms with E-state index in [9.17, 15) is 4.79 Å². The third-order valence-corrected chi connectivity index (χ3v) is 1.91. The molecule has 1 rings (SSSR count). The van der Waals surface area contributed by atoms with Gasteiger partial charge < -0.3 is 10.6 Å². The molecular formula is C11H11ClN2O. The van der Waals surface area contributed by atoms with Crippen LogP contribution in [0.4, 0.5) is 10.5 Å². The van der Waals surface area contributed by atoms with Crippen LogP contribution in [-0.2, 0) is 0 Å². The average molecular weight is 223 g/mol. The molecule has 0 radical (unpaired) electrons. The van der Waals surface area contributed by atoms with Crippen molar-refractivity contribution in [3.63, 3.8) is 0 Å². The standard InChI is InChI=1S/C11H11ClN2O/c1-2-3-8-13-11(15)14-10-6-4-9(12)5-7-10/h1,4-7H,3,8H2,(H2,13,14,15). The molecule has 0 aliphatic carbocycles. The number of carbonyl (C=O) groups is 1. The summed E-state index contributed by atoms with van der Waals surface area (Å²) in [5.41, 5.74) is 0.692. The molecule has 1 aromatic carbocycles. The van der Waals surface area contributed by atoms with Crippen molar-refractivity contribution in [3.8, 4) is 12.3 Å². The molecule has 0 aliphatic rings. The number of benzene rings is 1. The quantitative estimate of drug-likeness (QED) is 0.599. The zero-order chi connectivity index (χ0) is 11.1. The lowest BCUT2D eigenvalue weighted by Crippen LogP contribution is -2.29. The van der Waals surface area contributed by atoms with Gasteiger partial charge in [0.25, 0.3) is 0 Å². The van der Waals surface area contributed by atoms with Crippen molar-refractivity contribution in [1.29, 1.82) is 0 Å². The monoisotopic (exact) mass is 222 g/mol. The van der Waals surface area contributed by atoms with Crippen LogP contribution in [0.3, 0.4) is 0 Å². The van der Waals surface area contributed by atoms with E-state index in [1.54, 1.807) is 24.3 Å². The highest BCUT2D eigenvalue weighted by Gasteiger charge is 1.99.